The van der Waals surface area contributed by atoms with E-state index >= 15 is 0 Å². The minimum atomic E-state index is -0.501. The number of carbonyl (C=O) groups is 2. The highest BCUT2D eigenvalue weighted by atomic mass is 19.1. The number of ether oxygens (including phenoxy) is 1. The summed E-state index contributed by atoms with van der Waals surface area (Å²) in [6, 6.07) is 7.52. The van der Waals surface area contributed by atoms with Crippen LogP contribution >= 0.6 is 0 Å². The molecular weight excluding hydrogens is 403 g/mol. The highest BCUT2D eigenvalue weighted by molar-refractivity contribution is 6.13. The molecule has 0 aliphatic carbocycles. The van der Waals surface area contributed by atoms with Crippen molar-refractivity contribution >= 4 is 11.7 Å². The van der Waals surface area contributed by atoms with Gasteiger partial charge in [0.1, 0.15) is 23.0 Å². The van der Waals surface area contributed by atoms with Gasteiger partial charge in [0.05, 0.1) is 18.8 Å². The summed E-state index contributed by atoms with van der Waals surface area (Å²) in [5, 5.41) is 6.73. The van der Waals surface area contributed by atoms with Crippen LogP contribution < -0.4 is 5.32 Å². The lowest BCUT2D eigenvalue weighted by Gasteiger charge is -2.26. The first-order valence-corrected chi connectivity index (χ1v) is 10.1. The van der Waals surface area contributed by atoms with Crippen molar-refractivity contribution in [3.8, 4) is 11.3 Å². The molecule has 1 fully saturated rings. The SMILES string of the molecule is Cc1onc(-c2ccccc2F)c1C(=O)c1c[nH]c(C(=O)NCCN2CCOCC2)c1. The summed E-state index contributed by atoms with van der Waals surface area (Å²) < 4.78 is 24.7. The molecule has 0 spiro atoms. The fourth-order valence-corrected chi connectivity index (χ4v) is 3.53. The average molecular weight is 426 g/mol. The van der Waals surface area contributed by atoms with Crippen LogP contribution in [0.1, 0.15) is 32.2 Å². The molecule has 1 amide bonds. The number of nitrogens with one attached hydrogen (secondary N) is 2. The highest BCUT2D eigenvalue weighted by Gasteiger charge is 2.25. The molecule has 0 unspecified atom stereocenters. The zero-order chi connectivity index (χ0) is 21.8. The molecular formula is C22H23FN4O4. The van der Waals surface area contributed by atoms with E-state index in [4.69, 9.17) is 9.26 Å². The third kappa shape index (κ3) is 4.57. The number of benzene rings is 1. The number of nitrogens with zero attached hydrogens (tertiary/aromatic N) is 2. The summed E-state index contributed by atoms with van der Waals surface area (Å²) in [6.45, 7) is 5.91. The number of ketones is 1. The Bertz CT molecular complexity index is 1080. The van der Waals surface area contributed by atoms with E-state index in [2.05, 4.69) is 20.4 Å². The molecule has 0 saturated carbocycles. The molecule has 31 heavy (non-hydrogen) atoms. The molecule has 1 aliphatic rings. The Hall–Kier alpha value is -3.30. The van der Waals surface area contributed by atoms with Crippen LogP contribution in [0.3, 0.4) is 0 Å². The lowest BCUT2D eigenvalue weighted by Crippen LogP contribution is -2.41. The lowest BCUT2D eigenvalue weighted by molar-refractivity contribution is 0.0383. The third-order valence-electron chi connectivity index (χ3n) is 5.23. The average Bonchev–Trinajstić information content (AvgIpc) is 3.42. The largest absolute Gasteiger partial charge is 0.379 e. The Labute approximate surface area is 178 Å². The zero-order valence-electron chi connectivity index (χ0n) is 17.1. The summed E-state index contributed by atoms with van der Waals surface area (Å²) in [5.41, 5.74) is 1.02. The van der Waals surface area contributed by atoms with Crippen LogP contribution in [0.5, 0.6) is 0 Å². The number of H-pyrrole nitrogens is 1. The van der Waals surface area contributed by atoms with Gasteiger partial charge in [-0.25, -0.2) is 4.39 Å². The predicted octanol–water partition coefficient (Wildman–Crippen LogP) is 2.41. The van der Waals surface area contributed by atoms with Gasteiger partial charge in [-0.15, -0.1) is 0 Å². The van der Waals surface area contributed by atoms with Crippen molar-refractivity contribution < 1.29 is 23.2 Å². The number of aryl methyl sites for hydroxylation is 1. The molecule has 2 N–H and O–H groups in total. The summed E-state index contributed by atoms with van der Waals surface area (Å²) >= 11 is 0. The van der Waals surface area contributed by atoms with Crippen molar-refractivity contribution in [2.24, 2.45) is 0 Å². The van der Waals surface area contributed by atoms with Gasteiger partial charge >= 0.3 is 0 Å². The molecule has 8 nitrogen and oxygen atoms in total. The predicted molar refractivity (Wildman–Crippen MR) is 110 cm³/mol. The Morgan fingerprint density at radius 3 is 2.81 bits per heavy atom. The van der Waals surface area contributed by atoms with E-state index in [0.29, 0.717) is 19.8 Å². The van der Waals surface area contributed by atoms with Crippen LogP contribution in [-0.4, -0.2) is 66.1 Å². The molecule has 1 aliphatic heterocycles. The van der Waals surface area contributed by atoms with Crippen LogP contribution in [0, 0.1) is 12.7 Å². The van der Waals surface area contributed by atoms with Gasteiger partial charge in [-0.1, -0.05) is 17.3 Å². The number of carbonyl (C=O) groups excluding carboxylic acids is 2. The van der Waals surface area contributed by atoms with E-state index in [9.17, 15) is 14.0 Å². The molecule has 2 aromatic heterocycles. The van der Waals surface area contributed by atoms with Gasteiger partial charge in [0.25, 0.3) is 5.91 Å². The molecule has 0 radical (unpaired) electrons. The number of halogens is 1. The summed E-state index contributed by atoms with van der Waals surface area (Å²) in [7, 11) is 0. The smallest absolute Gasteiger partial charge is 0.267 e. The highest BCUT2D eigenvalue weighted by Crippen LogP contribution is 2.29. The first-order chi connectivity index (χ1) is 15.0. The lowest BCUT2D eigenvalue weighted by atomic mass is 9.99. The number of amides is 1. The monoisotopic (exact) mass is 426 g/mol. The standard InChI is InChI=1S/C22H23FN4O4/c1-14-19(20(26-31-14)16-4-2-3-5-17(16)23)21(28)15-12-18(25-13-15)22(29)24-6-7-27-8-10-30-11-9-27/h2-5,12-13,25H,6-11H2,1H3,(H,24,29). The quantitative estimate of drug-likeness (QED) is 0.563. The first-order valence-electron chi connectivity index (χ1n) is 10.1. The molecule has 0 bridgehead atoms. The second kappa shape index (κ2) is 9.23. The van der Waals surface area contributed by atoms with E-state index in [1.165, 1.54) is 24.4 Å². The molecule has 9 heteroatoms. The Kier molecular flexibility index (Phi) is 6.24. The van der Waals surface area contributed by atoms with E-state index in [0.717, 1.165) is 19.6 Å². The van der Waals surface area contributed by atoms with E-state index in [1.807, 2.05) is 0 Å². The number of aromatic amines is 1. The Balaban J connectivity index is 1.46. The summed E-state index contributed by atoms with van der Waals surface area (Å²) in [5.74, 6) is -0.926. The second-order valence-electron chi connectivity index (χ2n) is 7.28. The second-order valence-corrected chi connectivity index (χ2v) is 7.28. The van der Waals surface area contributed by atoms with Gasteiger partial charge in [-0.3, -0.25) is 14.5 Å². The number of hydrogen-bond donors (Lipinski definition) is 2. The minimum absolute atomic E-state index is 0.137. The molecule has 3 heterocycles. The maximum atomic E-state index is 14.2. The summed E-state index contributed by atoms with van der Waals surface area (Å²) in [4.78, 5) is 30.6. The molecule has 1 aromatic carbocycles. The van der Waals surface area contributed by atoms with Crippen molar-refractivity contribution in [2.75, 3.05) is 39.4 Å². The maximum Gasteiger partial charge on any atom is 0.267 e. The van der Waals surface area contributed by atoms with Crippen LogP contribution in [0.4, 0.5) is 4.39 Å². The van der Waals surface area contributed by atoms with Crippen LogP contribution in [0.2, 0.25) is 0 Å². The number of hydrogen-bond acceptors (Lipinski definition) is 6. The number of aromatic nitrogens is 2. The zero-order valence-corrected chi connectivity index (χ0v) is 17.1. The van der Waals surface area contributed by atoms with Crippen molar-refractivity contribution in [1.82, 2.24) is 20.4 Å². The molecule has 3 aromatic rings. The van der Waals surface area contributed by atoms with Crippen LogP contribution in [0.25, 0.3) is 11.3 Å². The first kappa shape index (κ1) is 21.0. The van der Waals surface area contributed by atoms with Crippen LogP contribution in [-0.2, 0) is 4.74 Å². The molecule has 1 saturated heterocycles. The van der Waals surface area contributed by atoms with Crippen molar-refractivity contribution in [3.05, 3.63) is 64.9 Å². The number of morpholine rings is 1. The maximum absolute atomic E-state index is 14.2. The van der Waals surface area contributed by atoms with Crippen molar-refractivity contribution in [3.63, 3.8) is 0 Å². The molecule has 4 rings (SSSR count). The van der Waals surface area contributed by atoms with E-state index in [-0.39, 0.29) is 39.7 Å². The number of rotatable bonds is 7. The fourth-order valence-electron chi connectivity index (χ4n) is 3.53. The van der Waals surface area contributed by atoms with Crippen molar-refractivity contribution in [1.29, 1.82) is 0 Å². The Morgan fingerprint density at radius 2 is 2.03 bits per heavy atom. The molecule has 0 atom stereocenters. The van der Waals surface area contributed by atoms with Gasteiger partial charge in [0.2, 0.25) is 0 Å². The third-order valence-corrected chi connectivity index (χ3v) is 5.23. The Morgan fingerprint density at radius 1 is 1.26 bits per heavy atom. The van der Waals surface area contributed by atoms with E-state index < -0.39 is 11.6 Å². The normalized spacial score (nSPS) is 14.5. The van der Waals surface area contributed by atoms with E-state index in [1.54, 1.807) is 19.1 Å². The minimum Gasteiger partial charge on any atom is -0.379 e. The molecule has 162 valence electrons. The van der Waals surface area contributed by atoms with Gasteiger partial charge in [0.15, 0.2) is 5.78 Å². The van der Waals surface area contributed by atoms with Crippen LogP contribution in [0.15, 0.2) is 41.1 Å². The van der Waals surface area contributed by atoms with Gasteiger partial charge < -0.3 is 19.6 Å². The van der Waals surface area contributed by atoms with Crippen molar-refractivity contribution in [2.45, 2.75) is 6.92 Å². The fraction of sp³-hybridized carbons (Fsp3) is 0.318. The van der Waals surface area contributed by atoms with Gasteiger partial charge in [-0.05, 0) is 25.1 Å². The summed E-state index contributed by atoms with van der Waals surface area (Å²) in [6.07, 6.45) is 1.46. The topological polar surface area (TPSA) is 100 Å². The van der Waals surface area contributed by atoms with Gasteiger partial charge in [-0.2, -0.15) is 0 Å². The van der Waals surface area contributed by atoms with Gasteiger partial charge in [0, 0.05) is 43.5 Å².